The Morgan fingerprint density at radius 1 is 1.26 bits per heavy atom. The first-order valence-corrected chi connectivity index (χ1v) is 10.2. The largest absolute Gasteiger partial charge is 0.379 e. The average Bonchev–Trinajstić information content (AvgIpc) is 3.00. The van der Waals surface area contributed by atoms with Gasteiger partial charge in [0, 0.05) is 49.2 Å². The van der Waals surface area contributed by atoms with Gasteiger partial charge in [-0.3, -0.25) is 9.88 Å². The highest BCUT2D eigenvalue weighted by Gasteiger charge is 2.34. The molecule has 0 unspecified atom stereocenters. The second-order valence-corrected chi connectivity index (χ2v) is 7.90. The maximum absolute atomic E-state index is 5.46. The Bertz CT molecular complexity index is 775. The quantitative estimate of drug-likeness (QED) is 0.820. The summed E-state index contributed by atoms with van der Waals surface area (Å²) >= 11 is 0. The topological polar surface area (TPSA) is 66.1 Å². The lowest BCUT2D eigenvalue weighted by Crippen LogP contribution is -2.53. The van der Waals surface area contributed by atoms with Crippen molar-refractivity contribution in [3.63, 3.8) is 0 Å². The van der Waals surface area contributed by atoms with Crippen LogP contribution in [0.25, 0.3) is 0 Å². The summed E-state index contributed by atoms with van der Waals surface area (Å²) in [6, 6.07) is 3.42. The van der Waals surface area contributed by atoms with Gasteiger partial charge in [0.2, 0.25) is 0 Å². The van der Waals surface area contributed by atoms with Crippen LogP contribution in [0.2, 0.25) is 0 Å². The first kappa shape index (κ1) is 18.4. The minimum atomic E-state index is 0.500. The highest BCUT2D eigenvalue weighted by Crippen LogP contribution is 2.29. The van der Waals surface area contributed by atoms with Crippen molar-refractivity contribution >= 4 is 5.82 Å². The van der Waals surface area contributed by atoms with Crippen molar-refractivity contribution in [2.24, 2.45) is 0 Å². The molecule has 2 fully saturated rings. The van der Waals surface area contributed by atoms with Crippen LogP contribution < -0.4 is 5.32 Å². The van der Waals surface area contributed by atoms with Gasteiger partial charge in [0.1, 0.15) is 5.82 Å². The van der Waals surface area contributed by atoms with Crippen LogP contribution in [0.1, 0.15) is 48.1 Å². The monoisotopic (exact) mass is 369 g/mol. The summed E-state index contributed by atoms with van der Waals surface area (Å²) < 4.78 is 5.46. The van der Waals surface area contributed by atoms with Gasteiger partial charge in [0.05, 0.1) is 24.6 Å². The van der Waals surface area contributed by atoms with Crippen molar-refractivity contribution in [3.8, 4) is 0 Å². The summed E-state index contributed by atoms with van der Waals surface area (Å²) in [5.41, 5.74) is 5.84. The van der Waals surface area contributed by atoms with Crippen LogP contribution in [0.3, 0.4) is 0 Å². The molecule has 27 heavy (non-hydrogen) atoms. The summed E-state index contributed by atoms with van der Waals surface area (Å²) in [6.07, 6.45) is 6.09. The number of aromatic amines is 1. The number of rotatable bonds is 6. The molecule has 146 valence electrons. The normalized spacial score (nSPS) is 23.2. The summed E-state index contributed by atoms with van der Waals surface area (Å²) in [4.78, 5) is 15.5. The van der Waals surface area contributed by atoms with E-state index in [1.165, 1.54) is 29.8 Å². The Kier molecular flexibility index (Phi) is 5.45. The molecule has 1 saturated carbocycles. The number of ether oxygens (including phenoxy) is 1. The molecular weight excluding hydrogens is 338 g/mol. The summed E-state index contributed by atoms with van der Waals surface area (Å²) in [5, 5.41) is 3.63. The van der Waals surface area contributed by atoms with Gasteiger partial charge in [0.15, 0.2) is 0 Å². The molecule has 4 rings (SSSR count). The van der Waals surface area contributed by atoms with E-state index in [0.717, 1.165) is 56.4 Å². The summed E-state index contributed by atoms with van der Waals surface area (Å²) in [6.45, 7) is 10.3. The van der Waals surface area contributed by atoms with Crippen LogP contribution in [-0.4, -0.2) is 58.2 Å². The molecule has 0 spiro atoms. The van der Waals surface area contributed by atoms with E-state index in [1.54, 1.807) is 0 Å². The molecule has 3 heterocycles. The smallest absolute Gasteiger partial charge is 0.147 e. The minimum Gasteiger partial charge on any atom is -0.379 e. The van der Waals surface area contributed by atoms with Crippen LogP contribution in [0.4, 0.5) is 5.82 Å². The minimum absolute atomic E-state index is 0.500. The van der Waals surface area contributed by atoms with Gasteiger partial charge in [-0.1, -0.05) is 6.92 Å². The highest BCUT2D eigenvalue weighted by molar-refractivity contribution is 5.42. The SMILES string of the molecule is CCc1[nH]c(Cc2cnc(C)c(NC3CC(N4CCOCC4)C3)n2)cc1C. The Morgan fingerprint density at radius 2 is 2.04 bits per heavy atom. The van der Waals surface area contributed by atoms with Gasteiger partial charge in [-0.2, -0.15) is 0 Å². The van der Waals surface area contributed by atoms with Crippen molar-refractivity contribution in [2.45, 2.75) is 58.5 Å². The zero-order valence-electron chi connectivity index (χ0n) is 16.7. The molecule has 1 aliphatic heterocycles. The number of H-pyrrole nitrogens is 1. The maximum atomic E-state index is 5.46. The summed E-state index contributed by atoms with van der Waals surface area (Å²) in [5.74, 6) is 0.942. The average molecular weight is 370 g/mol. The highest BCUT2D eigenvalue weighted by atomic mass is 16.5. The zero-order valence-corrected chi connectivity index (χ0v) is 16.7. The predicted molar refractivity (Wildman–Crippen MR) is 107 cm³/mol. The first-order chi connectivity index (χ1) is 13.1. The standard InChI is InChI=1S/C21H31N5O/c1-4-20-14(2)9-16(23-20)10-18-13-22-15(3)21(25-18)24-17-11-19(12-17)26-5-7-27-8-6-26/h9,13,17,19,23H,4-8,10-12H2,1-3H3,(H,24,25). The first-order valence-electron chi connectivity index (χ1n) is 10.2. The van der Waals surface area contributed by atoms with Crippen LogP contribution in [0.15, 0.2) is 12.3 Å². The molecule has 2 aliphatic rings. The Labute approximate surface area is 161 Å². The molecule has 2 N–H and O–H groups in total. The third kappa shape index (κ3) is 4.17. The van der Waals surface area contributed by atoms with Gasteiger partial charge in [0.25, 0.3) is 0 Å². The van der Waals surface area contributed by atoms with E-state index in [4.69, 9.17) is 9.72 Å². The van der Waals surface area contributed by atoms with E-state index in [1.807, 2.05) is 13.1 Å². The molecule has 6 nitrogen and oxygen atoms in total. The molecule has 0 amide bonds. The molecule has 1 saturated heterocycles. The van der Waals surface area contributed by atoms with E-state index in [-0.39, 0.29) is 0 Å². The number of morpholine rings is 1. The second kappa shape index (κ2) is 7.98. The molecule has 0 radical (unpaired) electrons. The number of anilines is 1. The van der Waals surface area contributed by atoms with E-state index in [9.17, 15) is 0 Å². The number of nitrogens with one attached hydrogen (secondary N) is 2. The van der Waals surface area contributed by atoms with E-state index >= 15 is 0 Å². The van der Waals surface area contributed by atoms with Crippen molar-refractivity contribution in [1.29, 1.82) is 0 Å². The molecule has 0 aromatic carbocycles. The van der Waals surface area contributed by atoms with E-state index in [0.29, 0.717) is 12.1 Å². The molecule has 6 heteroatoms. The number of aromatic nitrogens is 3. The fourth-order valence-electron chi connectivity index (χ4n) is 4.18. The van der Waals surface area contributed by atoms with Gasteiger partial charge < -0.3 is 15.0 Å². The number of aryl methyl sites for hydroxylation is 3. The molecule has 0 atom stereocenters. The third-order valence-electron chi connectivity index (χ3n) is 5.92. The molecule has 2 aromatic heterocycles. The van der Waals surface area contributed by atoms with E-state index < -0.39 is 0 Å². The zero-order chi connectivity index (χ0) is 18.8. The lowest BCUT2D eigenvalue weighted by molar-refractivity contribution is -0.00440. The number of hydrogen-bond donors (Lipinski definition) is 2. The fourth-order valence-corrected chi connectivity index (χ4v) is 4.18. The van der Waals surface area contributed by atoms with Gasteiger partial charge in [-0.25, -0.2) is 4.98 Å². The van der Waals surface area contributed by atoms with Crippen molar-refractivity contribution < 1.29 is 4.74 Å². The Morgan fingerprint density at radius 3 is 2.74 bits per heavy atom. The maximum Gasteiger partial charge on any atom is 0.147 e. The van der Waals surface area contributed by atoms with Crippen molar-refractivity contribution in [2.75, 3.05) is 31.6 Å². The Hall–Kier alpha value is -1.92. The van der Waals surface area contributed by atoms with Gasteiger partial charge in [-0.05, 0) is 44.7 Å². The second-order valence-electron chi connectivity index (χ2n) is 7.90. The lowest BCUT2D eigenvalue weighted by Gasteiger charge is -2.44. The third-order valence-corrected chi connectivity index (χ3v) is 5.92. The van der Waals surface area contributed by atoms with Crippen LogP contribution in [-0.2, 0) is 17.6 Å². The molecular formula is C21H31N5O. The lowest BCUT2D eigenvalue weighted by atomic mass is 9.85. The van der Waals surface area contributed by atoms with Crippen molar-refractivity contribution in [1.82, 2.24) is 19.9 Å². The van der Waals surface area contributed by atoms with Gasteiger partial charge in [-0.15, -0.1) is 0 Å². The van der Waals surface area contributed by atoms with E-state index in [2.05, 4.69) is 40.1 Å². The molecule has 2 aromatic rings. The number of hydrogen-bond acceptors (Lipinski definition) is 5. The Balaban J connectivity index is 1.36. The van der Waals surface area contributed by atoms with Crippen molar-refractivity contribution in [3.05, 3.63) is 40.6 Å². The van der Waals surface area contributed by atoms with Crippen LogP contribution in [0, 0.1) is 13.8 Å². The predicted octanol–water partition coefficient (Wildman–Crippen LogP) is 2.85. The molecule has 1 aliphatic carbocycles. The van der Waals surface area contributed by atoms with Crippen LogP contribution in [0.5, 0.6) is 0 Å². The fraction of sp³-hybridized carbons (Fsp3) is 0.619. The summed E-state index contributed by atoms with van der Waals surface area (Å²) in [7, 11) is 0. The number of nitrogens with zero attached hydrogens (tertiary/aromatic N) is 3. The van der Waals surface area contributed by atoms with Gasteiger partial charge >= 0.3 is 0 Å². The molecule has 0 bridgehead atoms. The van der Waals surface area contributed by atoms with Crippen LogP contribution >= 0.6 is 0 Å².